The number of carbonyl (C=O) groups excluding carboxylic acids is 1. The van der Waals surface area contributed by atoms with Crippen LogP contribution >= 0.6 is 11.6 Å². The molecule has 0 aliphatic rings. The van der Waals surface area contributed by atoms with Crippen molar-refractivity contribution in [2.45, 2.75) is 12.5 Å². The van der Waals surface area contributed by atoms with Crippen LogP contribution in [0.5, 0.6) is 0 Å². The molecule has 3 aromatic rings. The number of aliphatic carboxylic acids is 1. The van der Waals surface area contributed by atoms with Crippen LogP contribution in [0.25, 0.3) is 10.9 Å². The number of pyridine rings is 1. The normalized spacial score (nSPS) is 13.2. The molecule has 0 saturated heterocycles. The van der Waals surface area contributed by atoms with Gasteiger partial charge in [-0.05, 0) is 37.3 Å². The molecule has 1 heterocycles. The van der Waals surface area contributed by atoms with E-state index in [2.05, 4.69) is 5.32 Å². The Morgan fingerprint density at radius 1 is 1.12 bits per heavy atom. The second kappa shape index (κ2) is 6.65. The standard InChI is InChI=1S/C19H15ClN2O4/c1-19(18(24)25,21-17(23)12-6-8-13(20)9-7-12)15-10-11-22(26)16-5-3-2-4-14(15)16/h2-11H,1H3,(H,21,23)(H,24,25). The zero-order valence-electron chi connectivity index (χ0n) is 13.8. The van der Waals surface area contributed by atoms with E-state index >= 15 is 0 Å². The maximum Gasteiger partial charge on any atom is 0.333 e. The van der Waals surface area contributed by atoms with Crippen LogP contribution in [0.15, 0.2) is 60.8 Å². The van der Waals surface area contributed by atoms with Gasteiger partial charge >= 0.3 is 5.97 Å². The second-order valence-corrected chi connectivity index (χ2v) is 6.40. The van der Waals surface area contributed by atoms with Crippen molar-refractivity contribution in [3.05, 3.63) is 82.2 Å². The number of carboxylic acid groups (broad SMARTS) is 1. The Labute approximate surface area is 154 Å². The van der Waals surface area contributed by atoms with E-state index in [0.717, 1.165) is 0 Å². The van der Waals surface area contributed by atoms with Crippen molar-refractivity contribution >= 4 is 34.4 Å². The Balaban J connectivity index is 2.09. The predicted octanol–water partition coefficient (Wildman–Crippen LogP) is 2.86. The van der Waals surface area contributed by atoms with E-state index in [1.165, 1.54) is 31.3 Å². The molecular formula is C19H15ClN2O4. The van der Waals surface area contributed by atoms with Crippen molar-refractivity contribution < 1.29 is 19.4 Å². The van der Waals surface area contributed by atoms with Gasteiger partial charge in [0.2, 0.25) is 5.52 Å². The van der Waals surface area contributed by atoms with Gasteiger partial charge in [0.1, 0.15) is 0 Å². The lowest BCUT2D eigenvalue weighted by Gasteiger charge is -2.27. The van der Waals surface area contributed by atoms with Crippen LogP contribution in [0.4, 0.5) is 0 Å². The number of fused-ring (bicyclic) bond motifs is 1. The molecule has 1 atom stereocenters. The number of carboxylic acids is 1. The number of rotatable bonds is 4. The summed E-state index contributed by atoms with van der Waals surface area (Å²) in [4.78, 5) is 24.6. The Kier molecular flexibility index (Phi) is 4.52. The van der Waals surface area contributed by atoms with Crippen LogP contribution < -0.4 is 10.0 Å². The van der Waals surface area contributed by atoms with Crippen molar-refractivity contribution in [1.29, 1.82) is 0 Å². The molecule has 1 aromatic heterocycles. The van der Waals surface area contributed by atoms with Gasteiger partial charge in [-0.2, -0.15) is 4.73 Å². The number of aromatic nitrogens is 1. The number of benzene rings is 2. The average Bonchev–Trinajstić information content (AvgIpc) is 2.62. The fourth-order valence-corrected chi connectivity index (χ4v) is 2.90. The molecule has 1 unspecified atom stereocenters. The maximum absolute atomic E-state index is 12.6. The van der Waals surface area contributed by atoms with E-state index in [-0.39, 0.29) is 5.56 Å². The van der Waals surface area contributed by atoms with Crippen molar-refractivity contribution in [3.63, 3.8) is 0 Å². The summed E-state index contributed by atoms with van der Waals surface area (Å²) >= 11 is 5.82. The average molecular weight is 371 g/mol. The molecule has 6 nitrogen and oxygen atoms in total. The van der Waals surface area contributed by atoms with Gasteiger partial charge in [-0.3, -0.25) is 4.79 Å². The summed E-state index contributed by atoms with van der Waals surface area (Å²) in [6.07, 6.45) is 1.23. The Hall–Kier alpha value is -3.12. The van der Waals surface area contributed by atoms with Crippen LogP contribution in [0.1, 0.15) is 22.8 Å². The highest BCUT2D eigenvalue weighted by atomic mass is 35.5. The molecule has 0 aliphatic heterocycles. The number of hydrogen-bond donors (Lipinski definition) is 2. The molecule has 0 fully saturated rings. The van der Waals surface area contributed by atoms with E-state index in [0.29, 0.717) is 26.2 Å². The lowest BCUT2D eigenvalue weighted by molar-refractivity contribution is -0.577. The van der Waals surface area contributed by atoms with Crippen LogP contribution in [0, 0.1) is 5.21 Å². The fourth-order valence-electron chi connectivity index (χ4n) is 2.78. The summed E-state index contributed by atoms with van der Waals surface area (Å²) in [7, 11) is 0. The van der Waals surface area contributed by atoms with Gasteiger partial charge < -0.3 is 15.6 Å². The molecule has 3 rings (SSSR count). The van der Waals surface area contributed by atoms with Crippen molar-refractivity contribution in [2.75, 3.05) is 0 Å². The van der Waals surface area contributed by atoms with Crippen LogP contribution in [-0.2, 0) is 10.3 Å². The second-order valence-electron chi connectivity index (χ2n) is 5.96. The topological polar surface area (TPSA) is 93.3 Å². The molecular weight excluding hydrogens is 356 g/mol. The number of carbonyl (C=O) groups is 2. The maximum atomic E-state index is 12.6. The minimum atomic E-state index is -1.73. The Bertz CT molecular complexity index is 1000. The summed E-state index contributed by atoms with van der Waals surface area (Å²) < 4.78 is 0.655. The SMILES string of the molecule is CC(NC(=O)c1ccc(Cl)cc1)(C(=O)O)c1cc[n+]([O-])c2ccccc12. The molecule has 0 radical (unpaired) electrons. The summed E-state index contributed by atoms with van der Waals surface area (Å²) in [6.45, 7) is 1.39. The van der Waals surface area contributed by atoms with E-state index in [9.17, 15) is 19.9 Å². The third kappa shape index (κ3) is 3.07. The first-order valence-corrected chi connectivity index (χ1v) is 8.13. The number of amides is 1. The third-order valence-corrected chi connectivity index (χ3v) is 4.50. The van der Waals surface area contributed by atoms with E-state index in [1.54, 1.807) is 36.4 Å². The Morgan fingerprint density at radius 2 is 1.77 bits per heavy atom. The highest BCUT2D eigenvalue weighted by molar-refractivity contribution is 6.30. The van der Waals surface area contributed by atoms with Gasteiger partial charge in [0.25, 0.3) is 5.91 Å². The number of hydrogen-bond acceptors (Lipinski definition) is 3. The van der Waals surface area contributed by atoms with E-state index in [1.807, 2.05) is 0 Å². The molecule has 0 aliphatic carbocycles. The van der Waals surface area contributed by atoms with Gasteiger partial charge in [-0.1, -0.05) is 23.7 Å². The molecule has 0 saturated carbocycles. The van der Waals surface area contributed by atoms with Crippen molar-refractivity contribution in [1.82, 2.24) is 5.32 Å². The number of nitrogens with zero attached hydrogens (tertiary/aromatic N) is 1. The lowest BCUT2D eigenvalue weighted by Crippen LogP contribution is -2.50. The Morgan fingerprint density at radius 3 is 2.42 bits per heavy atom. The highest BCUT2D eigenvalue weighted by Crippen LogP contribution is 2.28. The van der Waals surface area contributed by atoms with Gasteiger partial charge in [0, 0.05) is 28.3 Å². The van der Waals surface area contributed by atoms with E-state index in [4.69, 9.17) is 11.6 Å². The summed E-state index contributed by atoms with van der Waals surface area (Å²) in [5, 5.41) is 25.3. The number of para-hydroxylation sites is 1. The quantitative estimate of drug-likeness (QED) is 0.545. The van der Waals surface area contributed by atoms with Crippen LogP contribution in [-0.4, -0.2) is 17.0 Å². The molecule has 0 bridgehead atoms. The molecule has 2 aromatic carbocycles. The monoisotopic (exact) mass is 370 g/mol. The first kappa shape index (κ1) is 17.7. The summed E-state index contributed by atoms with van der Waals surface area (Å²) in [5.74, 6) is -1.80. The smallest absolute Gasteiger partial charge is 0.333 e. The first-order chi connectivity index (χ1) is 12.3. The highest BCUT2D eigenvalue weighted by Gasteiger charge is 2.39. The third-order valence-electron chi connectivity index (χ3n) is 4.24. The summed E-state index contributed by atoms with van der Waals surface area (Å²) in [6, 6.07) is 14.2. The van der Waals surface area contributed by atoms with Gasteiger partial charge in [-0.25, -0.2) is 4.79 Å². The lowest BCUT2D eigenvalue weighted by atomic mass is 9.89. The van der Waals surface area contributed by atoms with Gasteiger partial charge in [-0.15, -0.1) is 0 Å². The number of nitrogens with one attached hydrogen (secondary N) is 1. The minimum Gasteiger partial charge on any atom is -0.618 e. The first-order valence-electron chi connectivity index (χ1n) is 7.76. The predicted molar refractivity (Wildman–Crippen MR) is 96.8 cm³/mol. The molecule has 26 heavy (non-hydrogen) atoms. The van der Waals surface area contributed by atoms with E-state index < -0.39 is 17.4 Å². The molecule has 7 heteroatoms. The van der Waals surface area contributed by atoms with Gasteiger partial charge in [0.15, 0.2) is 11.7 Å². The van der Waals surface area contributed by atoms with Gasteiger partial charge in [0.05, 0.1) is 5.39 Å². The van der Waals surface area contributed by atoms with Crippen molar-refractivity contribution in [2.24, 2.45) is 0 Å². The molecule has 0 spiro atoms. The fraction of sp³-hybridized carbons (Fsp3) is 0.105. The molecule has 1 amide bonds. The molecule has 132 valence electrons. The number of halogens is 1. The zero-order chi connectivity index (χ0) is 18.9. The zero-order valence-corrected chi connectivity index (χ0v) is 14.5. The van der Waals surface area contributed by atoms with Crippen LogP contribution in [0.3, 0.4) is 0 Å². The minimum absolute atomic E-state index is 0.279. The molecule has 2 N–H and O–H groups in total. The van der Waals surface area contributed by atoms with Crippen LogP contribution in [0.2, 0.25) is 5.02 Å². The van der Waals surface area contributed by atoms with Crippen molar-refractivity contribution in [3.8, 4) is 0 Å². The largest absolute Gasteiger partial charge is 0.618 e. The summed E-state index contributed by atoms with van der Waals surface area (Å²) in [5.41, 5.74) is -0.820.